The van der Waals surface area contributed by atoms with E-state index in [1.165, 1.54) is 0 Å². The van der Waals surface area contributed by atoms with Gasteiger partial charge in [0.1, 0.15) is 5.82 Å². The van der Waals surface area contributed by atoms with Crippen LogP contribution in [0, 0.1) is 5.92 Å². The number of nitrogens with two attached hydrogens (primary N) is 1. The molecule has 2 aliphatic rings. The summed E-state index contributed by atoms with van der Waals surface area (Å²) in [6.07, 6.45) is 7.23. The molecule has 0 bridgehead atoms. The normalized spacial score (nSPS) is 20.0. The lowest BCUT2D eigenvalue weighted by atomic mass is 9.96. The third kappa shape index (κ3) is 4.34. The summed E-state index contributed by atoms with van der Waals surface area (Å²) in [6, 6.07) is 10.0. The van der Waals surface area contributed by atoms with Crippen molar-refractivity contribution in [1.82, 2.24) is 25.0 Å². The highest BCUT2D eigenvalue weighted by Crippen LogP contribution is 2.33. The molecule has 0 saturated carbocycles. The van der Waals surface area contributed by atoms with Crippen molar-refractivity contribution in [3.63, 3.8) is 0 Å². The second kappa shape index (κ2) is 9.04. The molecule has 9 heteroatoms. The van der Waals surface area contributed by atoms with Crippen LogP contribution in [0.5, 0.6) is 0 Å². The first-order valence-corrected chi connectivity index (χ1v) is 11.2. The lowest BCUT2D eigenvalue weighted by molar-refractivity contribution is -0.122. The fourth-order valence-corrected chi connectivity index (χ4v) is 4.58. The summed E-state index contributed by atoms with van der Waals surface area (Å²) in [5.41, 5.74) is 7.29. The van der Waals surface area contributed by atoms with Gasteiger partial charge in [0.05, 0.1) is 11.7 Å². The van der Waals surface area contributed by atoms with E-state index < -0.39 is 0 Å². The summed E-state index contributed by atoms with van der Waals surface area (Å²) < 4.78 is 5.65. The van der Waals surface area contributed by atoms with Crippen LogP contribution in [-0.4, -0.2) is 50.5 Å². The summed E-state index contributed by atoms with van der Waals surface area (Å²) >= 11 is 0. The Morgan fingerprint density at radius 1 is 1.09 bits per heavy atom. The van der Waals surface area contributed by atoms with Gasteiger partial charge in [-0.3, -0.25) is 14.7 Å². The van der Waals surface area contributed by atoms with E-state index >= 15 is 0 Å². The minimum atomic E-state index is -0.207. The second-order valence-corrected chi connectivity index (χ2v) is 8.47. The maximum atomic E-state index is 11.4. The van der Waals surface area contributed by atoms with Gasteiger partial charge in [-0.05, 0) is 56.5 Å². The Hall–Kier alpha value is -3.33. The van der Waals surface area contributed by atoms with Crippen LogP contribution in [0.3, 0.4) is 0 Å². The maximum Gasteiger partial charge on any atom is 0.244 e. The molecule has 2 N–H and O–H groups in total. The molecule has 3 aromatic heterocycles. The van der Waals surface area contributed by atoms with Crippen molar-refractivity contribution in [1.29, 1.82) is 0 Å². The monoisotopic (exact) mass is 433 g/mol. The molecule has 1 atom stereocenters. The second-order valence-electron chi connectivity index (χ2n) is 8.47. The minimum Gasteiger partial charge on any atom is -0.369 e. The first-order valence-electron chi connectivity index (χ1n) is 11.2. The average Bonchev–Trinajstić information content (AvgIpc) is 3.50. The van der Waals surface area contributed by atoms with Crippen LogP contribution in [-0.2, 0) is 11.3 Å². The SMILES string of the molecule is NC(=O)C1CCN(c2ccc(-c3noc([C@@H]4CCCN4Cc4ccccn4)n3)cn2)CC1. The number of primary amides is 1. The summed E-state index contributed by atoms with van der Waals surface area (Å²) in [6.45, 7) is 3.31. The molecule has 9 nitrogen and oxygen atoms in total. The number of carbonyl (C=O) groups excluding carboxylic acids is 1. The predicted molar refractivity (Wildman–Crippen MR) is 118 cm³/mol. The molecule has 2 fully saturated rings. The number of hydrogen-bond donors (Lipinski definition) is 1. The molecule has 2 saturated heterocycles. The van der Waals surface area contributed by atoms with Crippen molar-refractivity contribution in [2.24, 2.45) is 11.7 Å². The van der Waals surface area contributed by atoms with Crippen LogP contribution in [0.2, 0.25) is 0 Å². The molecule has 0 unspecified atom stereocenters. The van der Waals surface area contributed by atoms with Gasteiger partial charge < -0.3 is 15.2 Å². The first kappa shape index (κ1) is 20.6. The Morgan fingerprint density at radius 2 is 1.97 bits per heavy atom. The number of nitrogens with zero attached hydrogens (tertiary/aromatic N) is 6. The number of hydrogen-bond acceptors (Lipinski definition) is 8. The largest absolute Gasteiger partial charge is 0.369 e. The van der Waals surface area contributed by atoms with Crippen molar-refractivity contribution in [3.05, 3.63) is 54.3 Å². The van der Waals surface area contributed by atoms with Gasteiger partial charge in [-0.25, -0.2) is 4.98 Å². The highest BCUT2D eigenvalue weighted by Gasteiger charge is 2.31. The standard InChI is InChI=1S/C23H27N7O2/c24-21(31)16-8-12-29(13-9-16)20-7-6-17(14-26-20)22-27-23(32-28-22)19-5-3-11-30(19)15-18-4-1-2-10-25-18/h1-2,4,6-7,10,14,16,19H,3,5,8-9,11-13,15H2,(H2,24,31)/t19-/m0/s1. The summed E-state index contributed by atoms with van der Waals surface area (Å²) in [4.78, 5) is 29.6. The Labute approximate surface area is 186 Å². The van der Waals surface area contributed by atoms with E-state index in [1.807, 2.05) is 36.5 Å². The highest BCUT2D eigenvalue weighted by atomic mass is 16.5. The number of likely N-dealkylation sites (tertiary alicyclic amines) is 1. The third-order valence-electron chi connectivity index (χ3n) is 6.41. The van der Waals surface area contributed by atoms with Gasteiger partial charge in [0.25, 0.3) is 0 Å². The summed E-state index contributed by atoms with van der Waals surface area (Å²) in [7, 11) is 0. The molecule has 5 heterocycles. The van der Waals surface area contributed by atoms with E-state index in [2.05, 4.69) is 29.9 Å². The van der Waals surface area contributed by atoms with Crippen LogP contribution in [0.1, 0.15) is 43.3 Å². The van der Waals surface area contributed by atoms with Crippen molar-refractivity contribution >= 4 is 11.7 Å². The predicted octanol–water partition coefficient (Wildman–Crippen LogP) is 2.57. The summed E-state index contributed by atoms with van der Waals surface area (Å²) in [5.74, 6) is 1.85. The van der Waals surface area contributed by atoms with Crippen LogP contribution in [0.15, 0.2) is 47.2 Å². The number of pyridine rings is 2. The van der Waals surface area contributed by atoms with E-state index in [4.69, 9.17) is 10.3 Å². The number of amides is 1. The average molecular weight is 434 g/mol. The van der Waals surface area contributed by atoms with Crippen LogP contribution in [0.4, 0.5) is 5.82 Å². The van der Waals surface area contributed by atoms with Gasteiger partial charge in [-0.15, -0.1) is 0 Å². The van der Waals surface area contributed by atoms with Gasteiger partial charge in [-0.2, -0.15) is 4.98 Å². The van der Waals surface area contributed by atoms with E-state index in [1.54, 1.807) is 6.20 Å². The van der Waals surface area contributed by atoms with Gasteiger partial charge in [-0.1, -0.05) is 11.2 Å². The fourth-order valence-electron chi connectivity index (χ4n) is 4.58. The minimum absolute atomic E-state index is 0.0314. The summed E-state index contributed by atoms with van der Waals surface area (Å²) in [5, 5.41) is 4.21. The highest BCUT2D eigenvalue weighted by molar-refractivity contribution is 5.77. The first-order chi connectivity index (χ1) is 15.7. The van der Waals surface area contributed by atoms with Crippen LogP contribution in [0.25, 0.3) is 11.4 Å². The Morgan fingerprint density at radius 3 is 2.69 bits per heavy atom. The zero-order valence-electron chi connectivity index (χ0n) is 17.9. The molecule has 2 aliphatic heterocycles. The fraction of sp³-hybridized carbons (Fsp3) is 0.435. The molecule has 0 spiro atoms. The lowest BCUT2D eigenvalue weighted by Gasteiger charge is -2.31. The van der Waals surface area contributed by atoms with E-state index in [9.17, 15) is 4.79 Å². The molecular formula is C23H27N7O2. The Kier molecular flexibility index (Phi) is 5.81. The molecular weight excluding hydrogens is 406 g/mol. The van der Waals surface area contributed by atoms with Crippen molar-refractivity contribution in [2.75, 3.05) is 24.5 Å². The number of rotatable bonds is 6. The molecule has 3 aromatic rings. The zero-order valence-corrected chi connectivity index (χ0v) is 17.9. The van der Waals surface area contributed by atoms with Gasteiger partial charge in [0.15, 0.2) is 0 Å². The van der Waals surface area contributed by atoms with E-state index in [-0.39, 0.29) is 17.9 Å². The quantitative estimate of drug-likeness (QED) is 0.631. The molecule has 5 rings (SSSR count). The van der Waals surface area contributed by atoms with Gasteiger partial charge in [0, 0.05) is 43.5 Å². The zero-order chi connectivity index (χ0) is 21.9. The van der Waals surface area contributed by atoms with E-state index in [0.717, 1.165) is 68.9 Å². The molecule has 0 aliphatic carbocycles. The van der Waals surface area contributed by atoms with Gasteiger partial charge >= 0.3 is 0 Å². The van der Waals surface area contributed by atoms with Crippen molar-refractivity contribution in [2.45, 2.75) is 38.3 Å². The Balaban J connectivity index is 1.25. The number of piperidine rings is 1. The number of anilines is 1. The smallest absolute Gasteiger partial charge is 0.244 e. The topological polar surface area (TPSA) is 114 Å². The molecule has 166 valence electrons. The Bertz CT molecular complexity index is 1050. The van der Waals surface area contributed by atoms with Crippen LogP contribution < -0.4 is 10.6 Å². The third-order valence-corrected chi connectivity index (χ3v) is 6.41. The maximum absolute atomic E-state index is 11.4. The molecule has 32 heavy (non-hydrogen) atoms. The lowest BCUT2D eigenvalue weighted by Crippen LogP contribution is -2.38. The van der Waals surface area contributed by atoms with E-state index in [0.29, 0.717) is 11.7 Å². The van der Waals surface area contributed by atoms with Crippen molar-refractivity contribution in [3.8, 4) is 11.4 Å². The molecule has 1 amide bonds. The number of carbonyl (C=O) groups is 1. The molecule has 0 aromatic carbocycles. The van der Waals surface area contributed by atoms with Gasteiger partial charge in [0.2, 0.25) is 17.6 Å². The number of aromatic nitrogens is 4. The molecule has 0 radical (unpaired) electrons. The van der Waals surface area contributed by atoms with Crippen LogP contribution >= 0.6 is 0 Å². The van der Waals surface area contributed by atoms with Crippen molar-refractivity contribution < 1.29 is 9.32 Å².